The highest BCUT2D eigenvalue weighted by atomic mass is 32.2. The number of hydrogen-bond donors (Lipinski definition) is 0. The maximum Gasteiger partial charge on any atom is 0.246 e. The molecule has 0 amide bonds. The molecule has 5 nitrogen and oxygen atoms in total. The fourth-order valence-electron chi connectivity index (χ4n) is 3.68. The molecule has 2 aliphatic rings. The van der Waals surface area contributed by atoms with Crippen molar-refractivity contribution in [2.24, 2.45) is 5.92 Å². The van der Waals surface area contributed by atoms with Gasteiger partial charge in [0.15, 0.2) is 0 Å². The minimum atomic E-state index is -3.75. The summed E-state index contributed by atoms with van der Waals surface area (Å²) in [5, 5.41) is 0. The zero-order chi connectivity index (χ0) is 16.7. The van der Waals surface area contributed by atoms with E-state index in [0.717, 1.165) is 13.0 Å². The lowest BCUT2D eigenvalue weighted by Crippen LogP contribution is -2.68. The molecular weight excluding hydrogens is 319 g/mol. The predicted octanol–water partition coefficient (Wildman–Crippen LogP) is 1.56. The van der Waals surface area contributed by atoms with Crippen LogP contribution in [0.5, 0.6) is 0 Å². The minimum absolute atomic E-state index is 0.125. The minimum Gasteiger partial charge on any atom is -0.381 e. The fourth-order valence-corrected chi connectivity index (χ4v) is 5.34. The molecule has 0 saturated carbocycles. The van der Waals surface area contributed by atoms with E-state index in [1.165, 1.54) is 22.5 Å². The topological polar surface area (TPSA) is 49.9 Å². The quantitative estimate of drug-likeness (QED) is 0.815. The van der Waals surface area contributed by atoms with Gasteiger partial charge in [0.1, 0.15) is 10.7 Å². The van der Waals surface area contributed by atoms with Crippen LogP contribution < -0.4 is 0 Å². The predicted molar refractivity (Wildman–Crippen MR) is 85.1 cm³/mol. The van der Waals surface area contributed by atoms with Crippen molar-refractivity contribution in [3.63, 3.8) is 0 Å². The molecule has 7 heteroatoms. The van der Waals surface area contributed by atoms with Crippen molar-refractivity contribution in [2.75, 3.05) is 39.9 Å². The number of nitrogens with zero attached hydrogens (tertiary/aromatic N) is 2. The Bertz CT molecular complexity index is 674. The summed E-state index contributed by atoms with van der Waals surface area (Å²) in [6, 6.07) is 5.55. The number of likely N-dealkylation sites (tertiary alicyclic amines) is 1. The number of ether oxygens (including phenoxy) is 1. The Morgan fingerprint density at radius 1 is 1.35 bits per heavy atom. The molecule has 23 heavy (non-hydrogen) atoms. The molecule has 3 rings (SSSR count). The lowest BCUT2D eigenvalue weighted by atomic mass is 9.87. The van der Waals surface area contributed by atoms with E-state index in [1.54, 1.807) is 6.07 Å². The molecule has 0 bridgehead atoms. The average Bonchev–Trinajstić information content (AvgIpc) is 2.80. The van der Waals surface area contributed by atoms with Gasteiger partial charge in [-0.2, -0.15) is 4.31 Å². The van der Waals surface area contributed by atoms with Crippen molar-refractivity contribution in [3.05, 3.63) is 30.1 Å². The van der Waals surface area contributed by atoms with Crippen LogP contribution in [0.25, 0.3) is 0 Å². The highest BCUT2D eigenvalue weighted by molar-refractivity contribution is 7.89. The molecule has 0 aromatic heterocycles. The highest BCUT2D eigenvalue weighted by Crippen LogP contribution is 2.41. The van der Waals surface area contributed by atoms with Gasteiger partial charge in [0.05, 0.1) is 6.61 Å². The third-order valence-electron chi connectivity index (χ3n) is 4.96. The molecule has 1 atom stereocenters. The van der Waals surface area contributed by atoms with E-state index in [1.807, 2.05) is 14.0 Å². The van der Waals surface area contributed by atoms with Crippen LogP contribution in [0.3, 0.4) is 0 Å². The summed E-state index contributed by atoms with van der Waals surface area (Å²) >= 11 is 0. The summed E-state index contributed by atoms with van der Waals surface area (Å²) in [4.78, 5) is 1.99. The van der Waals surface area contributed by atoms with E-state index in [4.69, 9.17) is 4.74 Å². The molecular formula is C16H23FN2O3S. The number of sulfonamides is 1. The normalized spacial score (nSPS) is 24.9. The lowest BCUT2D eigenvalue weighted by Gasteiger charge is -2.50. The summed E-state index contributed by atoms with van der Waals surface area (Å²) in [7, 11) is -1.73. The van der Waals surface area contributed by atoms with Crippen molar-refractivity contribution in [3.8, 4) is 0 Å². The average molecular weight is 342 g/mol. The maximum atomic E-state index is 13.8. The third-order valence-corrected chi connectivity index (χ3v) is 6.79. The van der Waals surface area contributed by atoms with Crippen molar-refractivity contribution in [1.29, 1.82) is 0 Å². The van der Waals surface area contributed by atoms with Gasteiger partial charge in [-0.05, 0) is 38.4 Å². The van der Waals surface area contributed by atoms with Crippen LogP contribution >= 0.6 is 0 Å². The van der Waals surface area contributed by atoms with Crippen molar-refractivity contribution in [2.45, 2.75) is 23.8 Å². The summed E-state index contributed by atoms with van der Waals surface area (Å²) in [5.41, 5.74) is -0.125. The molecule has 2 saturated heterocycles. The van der Waals surface area contributed by atoms with Gasteiger partial charge in [-0.1, -0.05) is 12.1 Å². The highest BCUT2D eigenvalue weighted by Gasteiger charge is 2.55. The van der Waals surface area contributed by atoms with Gasteiger partial charge < -0.3 is 4.74 Å². The second-order valence-electron chi connectivity index (χ2n) is 6.54. The second kappa shape index (κ2) is 6.12. The molecule has 2 heterocycles. The molecule has 0 N–H and O–H groups in total. The molecule has 128 valence electrons. The molecule has 0 radical (unpaired) electrons. The molecule has 1 unspecified atom stereocenters. The van der Waals surface area contributed by atoms with Gasteiger partial charge in [0.25, 0.3) is 0 Å². The van der Waals surface area contributed by atoms with E-state index in [0.29, 0.717) is 32.2 Å². The van der Waals surface area contributed by atoms with E-state index < -0.39 is 15.8 Å². The first-order valence-electron chi connectivity index (χ1n) is 7.93. The van der Waals surface area contributed by atoms with E-state index in [-0.39, 0.29) is 10.4 Å². The molecule has 1 spiro atoms. The van der Waals surface area contributed by atoms with Crippen LogP contribution in [0.15, 0.2) is 29.2 Å². The standard InChI is InChI=1S/C16H23FN2O3S/c1-3-22-10-13-8-16(18(2)9-13)11-19(12-16)23(20,21)15-7-5-4-6-14(15)17/h4-7,13H,3,8-12H2,1-2H3. The van der Waals surface area contributed by atoms with Crippen LogP contribution in [0.4, 0.5) is 4.39 Å². The van der Waals surface area contributed by atoms with E-state index >= 15 is 0 Å². The van der Waals surface area contributed by atoms with Gasteiger partial charge >= 0.3 is 0 Å². The summed E-state index contributed by atoms with van der Waals surface area (Å²) in [6.45, 7) is 5.13. The van der Waals surface area contributed by atoms with Gasteiger partial charge in [-0.3, -0.25) is 4.90 Å². The largest absolute Gasteiger partial charge is 0.381 e. The zero-order valence-electron chi connectivity index (χ0n) is 13.5. The Hall–Kier alpha value is -1.02. The van der Waals surface area contributed by atoms with Gasteiger partial charge in [-0.25, -0.2) is 12.8 Å². The number of hydrogen-bond acceptors (Lipinski definition) is 4. The fraction of sp³-hybridized carbons (Fsp3) is 0.625. The van der Waals surface area contributed by atoms with Crippen molar-refractivity contribution in [1.82, 2.24) is 9.21 Å². The van der Waals surface area contributed by atoms with Crippen molar-refractivity contribution >= 4 is 10.0 Å². The van der Waals surface area contributed by atoms with Gasteiger partial charge in [0, 0.05) is 31.8 Å². The SMILES string of the molecule is CCOCC1CN(C)C2(C1)CN(S(=O)(=O)c1ccccc1F)C2. The van der Waals surface area contributed by atoms with Crippen LogP contribution in [0.2, 0.25) is 0 Å². The smallest absolute Gasteiger partial charge is 0.246 e. The Morgan fingerprint density at radius 3 is 2.70 bits per heavy atom. The zero-order valence-corrected chi connectivity index (χ0v) is 14.4. The third kappa shape index (κ3) is 2.91. The summed E-state index contributed by atoms with van der Waals surface area (Å²) in [6.07, 6.45) is 0.923. The first-order chi connectivity index (χ1) is 10.9. The first kappa shape index (κ1) is 16.8. The maximum absolute atomic E-state index is 13.8. The second-order valence-corrected chi connectivity index (χ2v) is 8.44. The van der Waals surface area contributed by atoms with Crippen LogP contribution in [0, 0.1) is 11.7 Å². The van der Waals surface area contributed by atoms with Gasteiger partial charge in [0.2, 0.25) is 10.0 Å². The van der Waals surface area contributed by atoms with Crippen molar-refractivity contribution < 1.29 is 17.5 Å². The first-order valence-corrected chi connectivity index (χ1v) is 9.37. The number of halogens is 1. The Morgan fingerprint density at radius 2 is 2.04 bits per heavy atom. The number of rotatable bonds is 5. The Kier molecular flexibility index (Phi) is 4.48. The number of likely N-dealkylation sites (N-methyl/N-ethyl adjacent to an activating group) is 1. The van der Waals surface area contributed by atoms with Crippen LogP contribution in [-0.4, -0.2) is 63.1 Å². The van der Waals surface area contributed by atoms with E-state index in [2.05, 4.69) is 4.90 Å². The van der Waals surface area contributed by atoms with Crippen LogP contribution in [0.1, 0.15) is 13.3 Å². The summed E-state index contributed by atoms with van der Waals surface area (Å²) < 4.78 is 45.9. The van der Waals surface area contributed by atoms with E-state index in [9.17, 15) is 12.8 Å². The summed E-state index contributed by atoms with van der Waals surface area (Å²) in [5.74, 6) is -0.263. The number of benzene rings is 1. The molecule has 1 aromatic carbocycles. The van der Waals surface area contributed by atoms with Crippen LogP contribution in [-0.2, 0) is 14.8 Å². The van der Waals surface area contributed by atoms with Gasteiger partial charge in [-0.15, -0.1) is 0 Å². The Balaban J connectivity index is 1.70. The molecule has 0 aliphatic carbocycles. The monoisotopic (exact) mass is 342 g/mol. The Labute approximate surface area is 137 Å². The molecule has 1 aromatic rings. The lowest BCUT2D eigenvalue weighted by molar-refractivity contribution is 0.0368. The molecule has 2 aliphatic heterocycles. The molecule has 2 fully saturated rings.